The van der Waals surface area contributed by atoms with E-state index in [9.17, 15) is 4.79 Å². The minimum Gasteiger partial charge on any atom is -0.497 e. The summed E-state index contributed by atoms with van der Waals surface area (Å²) in [6, 6.07) is 10.8. The number of carbonyl (C=O) groups is 1. The first-order valence-corrected chi connectivity index (χ1v) is 7.81. The topological polar surface area (TPSA) is 68.5 Å². The second kappa shape index (κ2) is 6.62. The molecule has 0 radical (unpaired) electrons. The Morgan fingerprint density at radius 1 is 1.30 bits per heavy atom. The molecule has 0 saturated heterocycles. The van der Waals surface area contributed by atoms with Crippen LogP contribution in [-0.4, -0.2) is 35.1 Å². The van der Waals surface area contributed by atoms with Crippen LogP contribution in [0.5, 0.6) is 5.75 Å². The van der Waals surface area contributed by atoms with Gasteiger partial charge in [0, 0.05) is 12.6 Å². The lowest BCUT2D eigenvalue weighted by Crippen LogP contribution is -2.26. The first-order chi connectivity index (χ1) is 11.2. The third-order valence-electron chi connectivity index (χ3n) is 3.27. The molecule has 0 fully saturated rings. The lowest BCUT2D eigenvalue weighted by Gasteiger charge is -2.14. The lowest BCUT2D eigenvalue weighted by molar-refractivity contribution is 0.0769. The standard InChI is InChI=1S/C16H15N3O3S/c1-19(16(20)11-5-7-12(21-2)8-6-11)10-14-17-15(18-22-14)13-4-3-9-23-13/h3-9H,10H2,1-2H3. The number of thiophene rings is 1. The van der Waals surface area contributed by atoms with E-state index < -0.39 is 0 Å². The molecule has 1 aromatic carbocycles. The number of hydrogen-bond acceptors (Lipinski definition) is 6. The summed E-state index contributed by atoms with van der Waals surface area (Å²) in [6.07, 6.45) is 0. The van der Waals surface area contributed by atoms with Crippen molar-refractivity contribution in [3.63, 3.8) is 0 Å². The van der Waals surface area contributed by atoms with Crippen LogP contribution in [0.2, 0.25) is 0 Å². The summed E-state index contributed by atoms with van der Waals surface area (Å²) < 4.78 is 10.3. The molecule has 2 aromatic heterocycles. The van der Waals surface area contributed by atoms with E-state index in [2.05, 4.69) is 10.1 Å². The molecule has 1 amide bonds. The van der Waals surface area contributed by atoms with Crippen molar-refractivity contribution in [1.29, 1.82) is 0 Å². The smallest absolute Gasteiger partial charge is 0.254 e. The van der Waals surface area contributed by atoms with Crippen molar-refractivity contribution in [3.8, 4) is 16.5 Å². The molecule has 6 nitrogen and oxygen atoms in total. The van der Waals surface area contributed by atoms with Crippen LogP contribution >= 0.6 is 11.3 Å². The van der Waals surface area contributed by atoms with Gasteiger partial charge < -0.3 is 14.2 Å². The summed E-state index contributed by atoms with van der Waals surface area (Å²) in [6.45, 7) is 0.253. The monoisotopic (exact) mass is 329 g/mol. The number of hydrogen-bond donors (Lipinski definition) is 0. The Kier molecular flexibility index (Phi) is 4.38. The summed E-state index contributed by atoms with van der Waals surface area (Å²) in [5, 5.41) is 5.89. The highest BCUT2D eigenvalue weighted by Gasteiger charge is 2.16. The first kappa shape index (κ1) is 15.2. The number of aromatic nitrogens is 2. The quantitative estimate of drug-likeness (QED) is 0.719. The highest BCUT2D eigenvalue weighted by Crippen LogP contribution is 2.21. The number of amides is 1. The van der Waals surface area contributed by atoms with E-state index in [0.29, 0.717) is 23.0 Å². The van der Waals surface area contributed by atoms with Gasteiger partial charge in [-0.15, -0.1) is 11.3 Å². The van der Waals surface area contributed by atoms with E-state index >= 15 is 0 Å². The third kappa shape index (κ3) is 3.40. The Morgan fingerprint density at radius 3 is 2.74 bits per heavy atom. The molecular weight excluding hydrogens is 314 g/mol. The zero-order chi connectivity index (χ0) is 16.2. The summed E-state index contributed by atoms with van der Waals surface area (Å²) in [7, 11) is 3.28. The van der Waals surface area contributed by atoms with E-state index in [4.69, 9.17) is 9.26 Å². The van der Waals surface area contributed by atoms with Crippen LogP contribution < -0.4 is 4.74 Å². The Bertz CT molecular complexity index is 781. The fourth-order valence-electron chi connectivity index (χ4n) is 2.05. The zero-order valence-electron chi connectivity index (χ0n) is 12.7. The maximum atomic E-state index is 12.4. The molecule has 3 rings (SSSR count). The van der Waals surface area contributed by atoms with Gasteiger partial charge in [0.15, 0.2) is 0 Å². The normalized spacial score (nSPS) is 10.5. The molecule has 0 aliphatic heterocycles. The molecule has 2 heterocycles. The number of methoxy groups -OCH3 is 1. The molecule has 0 bridgehead atoms. The number of nitrogens with zero attached hydrogens (tertiary/aromatic N) is 3. The first-order valence-electron chi connectivity index (χ1n) is 6.93. The fourth-order valence-corrected chi connectivity index (χ4v) is 2.70. The maximum Gasteiger partial charge on any atom is 0.254 e. The Hall–Kier alpha value is -2.67. The van der Waals surface area contributed by atoms with Gasteiger partial charge in [0.1, 0.15) is 5.75 Å². The fraction of sp³-hybridized carbons (Fsp3) is 0.188. The van der Waals surface area contributed by atoms with Gasteiger partial charge in [0.05, 0.1) is 18.5 Å². The van der Waals surface area contributed by atoms with Crippen molar-refractivity contribution in [2.75, 3.05) is 14.2 Å². The Labute approximate surface area is 137 Å². The molecular formula is C16H15N3O3S. The molecule has 7 heteroatoms. The molecule has 0 aliphatic rings. The zero-order valence-corrected chi connectivity index (χ0v) is 13.5. The van der Waals surface area contributed by atoms with Crippen LogP contribution in [-0.2, 0) is 6.54 Å². The van der Waals surface area contributed by atoms with Gasteiger partial charge in [-0.2, -0.15) is 4.98 Å². The second-order valence-electron chi connectivity index (χ2n) is 4.88. The average molecular weight is 329 g/mol. The van der Waals surface area contributed by atoms with Crippen LogP contribution in [0, 0.1) is 0 Å². The van der Waals surface area contributed by atoms with Gasteiger partial charge in [0.2, 0.25) is 11.7 Å². The van der Waals surface area contributed by atoms with Gasteiger partial charge in [-0.05, 0) is 35.7 Å². The van der Waals surface area contributed by atoms with Gasteiger partial charge in [-0.25, -0.2) is 0 Å². The van der Waals surface area contributed by atoms with Crippen molar-refractivity contribution >= 4 is 17.2 Å². The number of carbonyl (C=O) groups excluding carboxylic acids is 1. The number of benzene rings is 1. The maximum absolute atomic E-state index is 12.4. The molecule has 118 valence electrons. The summed E-state index contributed by atoms with van der Waals surface area (Å²) in [5.74, 6) is 1.53. The van der Waals surface area contributed by atoms with E-state index in [-0.39, 0.29) is 12.5 Å². The van der Waals surface area contributed by atoms with Gasteiger partial charge in [-0.3, -0.25) is 4.79 Å². The average Bonchev–Trinajstić information content (AvgIpc) is 3.25. The van der Waals surface area contributed by atoms with Crippen LogP contribution in [0.1, 0.15) is 16.2 Å². The van der Waals surface area contributed by atoms with Crippen molar-refractivity contribution in [3.05, 3.63) is 53.2 Å². The van der Waals surface area contributed by atoms with Crippen LogP contribution in [0.3, 0.4) is 0 Å². The molecule has 0 atom stereocenters. The molecule has 0 unspecified atom stereocenters. The van der Waals surface area contributed by atoms with Crippen LogP contribution in [0.25, 0.3) is 10.7 Å². The van der Waals surface area contributed by atoms with Crippen molar-refractivity contribution < 1.29 is 14.1 Å². The Morgan fingerprint density at radius 2 is 2.09 bits per heavy atom. The van der Waals surface area contributed by atoms with Gasteiger partial charge in [-0.1, -0.05) is 11.2 Å². The van der Waals surface area contributed by atoms with Crippen LogP contribution in [0.4, 0.5) is 0 Å². The summed E-state index contributed by atoms with van der Waals surface area (Å²) >= 11 is 1.54. The molecule has 0 N–H and O–H groups in total. The molecule has 3 aromatic rings. The summed E-state index contributed by atoms with van der Waals surface area (Å²) in [5.41, 5.74) is 0.575. The third-order valence-corrected chi connectivity index (χ3v) is 4.13. The van der Waals surface area contributed by atoms with Crippen molar-refractivity contribution in [2.24, 2.45) is 0 Å². The predicted octanol–water partition coefficient (Wildman–Crippen LogP) is 3.08. The minimum absolute atomic E-state index is 0.122. The number of ether oxygens (including phenoxy) is 1. The predicted molar refractivity (Wildman–Crippen MR) is 86.4 cm³/mol. The Balaban J connectivity index is 1.68. The van der Waals surface area contributed by atoms with Gasteiger partial charge in [0.25, 0.3) is 5.91 Å². The summed E-state index contributed by atoms with van der Waals surface area (Å²) in [4.78, 5) is 19.2. The van der Waals surface area contributed by atoms with E-state index in [1.54, 1.807) is 38.4 Å². The van der Waals surface area contributed by atoms with Crippen molar-refractivity contribution in [2.45, 2.75) is 6.54 Å². The van der Waals surface area contributed by atoms with Crippen molar-refractivity contribution in [1.82, 2.24) is 15.0 Å². The minimum atomic E-state index is -0.122. The highest BCUT2D eigenvalue weighted by molar-refractivity contribution is 7.13. The molecule has 0 saturated carbocycles. The van der Waals surface area contributed by atoms with Gasteiger partial charge >= 0.3 is 0 Å². The van der Waals surface area contributed by atoms with Crippen LogP contribution in [0.15, 0.2) is 46.3 Å². The second-order valence-corrected chi connectivity index (χ2v) is 5.83. The largest absolute Gasteiger partial charge is 0.497 e. The van der Waals surface area contributed by atoms with E-state index in [1.807, 2.05) is 17.5 Å². The highest BCUT2D eigenvalue weighted by atomic mass is 32.1. The molecule has 0 aliphatic carbocycles. The number of rotatable bonds is 5. The van der Waals surface area contributed by atoms with E-state index in [1.165, 1.54) is 16.2 Å². The van der Waals surface area contributed by atoms with E-state index in [0.717, 1.165) is 4.88 Å². The molecule has 23 heavy (non-hydrogen) atoms. The molecule has 0 spiro atoms. The lowest BCUT2D eigenvalue weighted by atomic mass is 10.2. The SMILES string of the molecule is COc1ccc(C(=O)N(C)Cc2nc(-c3cccs3)no2)cc1.